The van der Waals surface area contributed by atoms with Crippen molar-refractivity contribution in [2.24, 2.45) is 5.92 Å². The van der Waals surface area contributed by atoms with E-state index >= 15 is 0 Å². The zero-order valence-electron chi connectivity index (χ0n) is 12.1. The molecular weight excluding hydrogens is 290 g/mol. The molecule has 1 heterocycles. The minimum absolute atomic E-state index is 0.0172. The van der Waals surface area contributed by atoms with Crippen molar-refractivity contribution in [3.63, 3.8) is 0 Å². The first kappa shape index (κ1) is 16.0. The highest BCUT2D eigenvalue weighted by Gasteiger charge is 2.33. The molecule has 0 amide bonds. The molecule has 0 spiro atoms. The van der Waals surface area contributed by atoms with Crippen LogP contribution in [0, 0.1) is 5.92 Å². The predicted octanol–water partition coefficient (Wildman–Crippen LogP) is 1.92. The number of piperidine rings is 1. The summed E-state index contributed by atoms with van der Waals surface area (Å²) in [7, 11) is -3.43. The van der Waals surface area contributed by atoms with Gasteiger partial charge in [-0.25, -0.2) is 12.7 Å². The second-order valence-electron chi connectivity index (χ2n) is 5.63. The number of benzene rings is 1. The lowest BCUT2D eigenvalue weighted by atomic mass is 10.0. The number of carboxylic acid groups (broad SMARTS) is 1. The van der Waals surface area contributed by atoms with Gasteiger partial charge >= 0.3 is 5.97 Å². The van der Waals surface area contributed by atoms with Gasteiger partial charge in [-0.3, -0.25) is 4.79 Å². The highest BCUT2D eigenvalue weighted by atomic mass is 32.2. The summed E-state index contributed by atoms with van der Waals surface area (Å²) in [6, 6.07) is 9.50. The first-order valence-corrected chi connectivity index (χ1v) is 8.76. The van der Waals surface area contributed by atoms with Gasteiger partial charge in [0.15, 0.2) is 0 Å². The van der Waals surface area contributed by atoms with Crippen LogP contribution in [0.1, 0.15) is 31.2 Å². The molecule has 1 aromatic rings. The second kappa shape index (κ2) is 6.58. The maximum Gasteiger partial charge on any atom is 0.307 e. The monoisotopic (exact) mass is 311 g/mol. The van der Waals surface area contributed by atoms with E-state index < -0.39 is 21.9 Å². The number of nitrogens with zero attached hydrogens (tertiary/aromatic N) is 1. The van der Waals surface area contributed by atoms with E-state index in [0.717, 1.165) is 5.56 Å². The van der Waals surface area contributed by atoms with Crippen molar-refractivity contribution in [1.82, 2.24) is 4.31 Å². The predicted molar refractivity (Wildman–Crippen MR) is 80.6 cm³/mol. The number of hydrogen-bond donors (Lipinski definition) is 1. The van der Waals surface area contributed by atoms with Gasteiger partial charge in [-0.2, -0.15) is 0 Å². The SMILES string of the molecule is CC(CS(=O)(=O)N1CCC[C@H](C(=O)O)C1)c1ccccc1. The van der Waals surface area contributed by atoms with Gasteiger partial charge in [0.25, 0.3) is 0 Å². The van der Waals surface area contributed by atoms with Crippen LogP contribution in [-0.2, 0) is 14.8 Å². The number of hydrogen-bond acceptors (Lipinski definition) is 3. The smallest absolute Gasteiger partial charge is 0.307 e. The van der Waals surface area contributed by atoms with E-state index in [-0.39, 0.29) is 18.2 Å². The third-order valence-electron chi connectivity index (χ3n) is 3.96. The highest BCUT2D eigenvalue weighted by Crippen LogP contribution is 2.23. The summed E-state index contributed by atoms with van der Waals surface area (Å²) < 4.78 is 26.3. The number of sulfonamides is 1. The molecule has 0 radical (unpaired) electrons. The van der Waals surface area contributed by atoms with Crippen LogP contribution < -0.4 is 0 Å². The standard InChI is InChI=1S/C15H21NO4S/c1-12(13-6-3-2-4-7-13)11-21(19,20)16-9-5-8-14(10-16)15(17)18/h2-4,6-7,12,14H,5,8-11H2,1H3,(H,17,18)/t12?,14-/m0/s1. The summed E-state index contributed by atoms with van der Waals surface area (Å²) >= 11 is 0. The number of rotatable bonds is 5. The van der Waals surface area contributed by atoms with E-state index in [0.29, 0.717) is 19.4 Å². The van der Waals surface area contributed by atoms with Crippen LogP contribution in [0.5, 0.6) is 0 Å². The largest absolute Gasteiger partial charge is 0.481 e. The van der Waals surface area contributed by atoms with E-state index in [1.54, 1.807) is 0 Å². The van der Waals surface area contributed by atoms with Crippen molar-refractivity contribution in [3.8, 4) is 0 Å². The van der Waals surface area contributed by atoms with Crippen LogP contribution in [0.15, 0.2) is 30.3 Å². The van der Waals surface area contributed by atoms with Gasteiger partial charge in [0, 0.05) is 13.1 Å². The number of carbonyl (C=O) groups is 1. The Hall–Kier alpha value is -1.40. The van der Waals surface area contributed by atoms with Crippen LogP contribution in [0.3, 0.4) is 0 Å². The lowest BCUT2D eigenvalue weighted by Crippen LogP contribution is -2.43. The van der Waals surface area contributed by atoms with Gasteiger partial charge in [0.05, 0.1) is 11.7 Å². The Labute approximate surface area is 125 Å². The van der Waals surface area contributed by atoms with Crippen molar-refractivity contribution in [1.29, 1.82) is 0 Å². The van der Waals surface area contributed by atoms with Gasteiger partial charge < -0.3 is 5.11 Å². The molecule has 2 atom stereocenters. The molecule has 0 bridgehead atoms. The Morgan fingerprint density at radius 1 is 1.38 bits per heavy atom. The second-order valence-corrected chi connectivity index (χ2v) is 7.64. The molecule has 1 N–H and O–H groups in total. The van der Waals surface area contributed by atoms with E-state index in [9.17, 15) is 13.2 Å². The lowest BCUT2D eigenvalue weighted by molar-refractivity contribution is -0.142. The fourth-order valence-electron chi connectivity index (χ4n) is 2.70. The topological polar surface area (TPSA) is 74.7 Å². The van der Waals surface area contributed by atoms with Crippen LogP contribution >= 0.6 is 0 Å². The molecule has 1 saturated heterocycles. The average molecular weight is 311 g/mol. The fraction of sp³-hybridized carbons (Fsp3) is 0.533. The van der Waals surface area contributed by atoms with Crippen LogP contribution in [0.25, 0.3) is 0 Å². The number of carboxylic acids is 1. The molecule has 5 nitrogen and oxygen atoms in total. The maximum atomic E-state index is 12.5. The summed E-state index contributed by atoms with van der Waals surface area (Å²) in [6.45, 7) is 2.40. The summed E-state index contributed by atoms with van der Waals surface area (Å²) in [5, 5.41) is 9.06. The van der Waals surface area contributed by atoms with Gasteiger partial charge in [0.1, 0.15) is 0 Å². The number of aliphatic carboxylic acids is 1. The van der Waals surface area contributed by atoms with Gasteiger partial charge in [-0.1, -0.05) is 37.3 Å². The van der Waals surface area contributed by atoms with Crippen LogP contribution in [0.4, 0.5) is 0 Å². The highest BCUT2D eigenvalue weighted by molar-refractivity contribution is 7.89. The molecule has 0 aliphatic carbocycles. The first-order valence-electron chi connectivity index (χ1n) is 7.15. The first-order chi connectivity index (χ1) is 9.90. The van der Waals surface area contributed by atoms with E-state index in [4.69, 9.17) is 5.11 Å². The van der Waals surface area contributed by atoms with Crippen molar-refractivity contribution >= 4 is 16.0 Å². The van der Waals surface area contributed by atoms with E-state index in [2.05, 4.69) is 0 Å². The molecular formula is C15H21NO4S. The molecule has 1 fully saturated rings. The van der Waals surface area contributed by atoms with E-state index in [1.807, 2.05) is 37.3 Å². The maximum absolute atomic E-state index is 12.5. The zero-order chi connectivity index (χ0) is 15.5. The molecule has 0 aromatic heterocycles. The minimum Gasteiger partial charge on any atom is -0.481 e. The molecule has 1 aromatic carbocycles. The Kier molecular flexibility index (Phi) is 5.00. The Bertz CT molecular complexity index is 585. The molecule has 0 saturated carbocycles. The lowest BCUT2D eigenvalue weighted by Gasteiger charge is -2.30. The molecule has 21 heavy (non-hydrogen) atoms. The third kappa shape index (κ3) is 4.04. The summed E-state index contributed by atoms with van der Waals surface area (Å²) in [6.07, 6.45) is 1.16. The van der Waals surface area contributed by atoms with Gasteiger partial charge in [0.2, 0.25) is 10.0 Å². The van der Waals surface area contributed by atoms with Gasteiger partial charge in [-0.05, 0) is 24.3 Å². The third-order valence-corrected chi connectivity index (χ3v) is 6.00. The van der Waals surface area contributed by atoms with Crippen molar-refractivity contribution in [3.05, 3.63) is 35.9 Å². The normalized spacial score (nSPS) is 21.9. The fourth-order valence-corrected chi connectivity index (χ4v) is 4.55. The Balaban J connectivity index is 2.06. The van der Waals surface area contributed by atoms with Crippen LogP contribution in [0.2, 0.25) is 0 Å². The van der Waals surface area contributed by atoms with Gasteiger partial charge in [-0.15, -0.1) is 0 Å². The quantitative estimate of drug-likeness (QED) is 0.901. The van der Waals surface area contributed by atoms with Crippen molar-refractivity contribution in [2.75, 3.05) is 18.8 Å². The summed E-state index contributed by atoms with van der Waals surface area (Å²) in [4.78, 5) is 11.0. The zero-order valence-corrected chi connectivity index (χ0v) is 12.9. The van der Waals surface area contributed by atoms with Crippen molar-refractivity contribution in [2.45, 2.75) is 25.7 Å². The van der Waals surface area contributed by atoms with E-state index in [1.165, 1.54) is 4.31 Å². The van der Waals surface area contributed by atoms with Crippen LogP contribution in [-0.4, -0.2) is 42.6 Å². The molecule has 1 aliphatic heterocycles. The minimum atomic E-state index is -3.43. The molecule has 2 rings (SSSR count). The molecule has 1 unspecified atom stereocenters. The Morgan fingerprint density at radius 3 is 2.67 bits per heavy atom. The molecule has 1 aliphatic rings. The average Bonchev–Trinajstić information content (AvgIpc) is 2.48. The van der Waals surface area contributed by atoms with Crippen molar-refractivity contribution < 1.29 is 18.3 Å². The molecule has 116 valence electrons. The Morgan fingerprint density at radius 2 is 2.05 bits per heavy atom. The summed E-state index contributed by atoms with van der Waals surface area (Å²) in [5.41, 5.74) is 0.980. The molecule has 6 heteroatoms. The summed E-state index contributed by atoms with van der Waals surface area (Å²) in [5.74, 6) is -1.59.